The van der Waals surface area contributed by atoms with Gasteiger partial charge in [-0.2, -0.15) is 0 Å². The standard InChI is InChI=1S/C14H15FN2O2/c1-18-12-3-4-13(14(6-12)19-2)17-8-10-5-11(15)9-16-7-10/h3-7,9,17H,8H2,1-2H3. The third-order valence-electron chi connectivity index (χ3n) is 2.65. The SMILES string of the molecule is COc1ccc(NCc2cncc(F)c2)c(OC)c1. The number of aromatic nitrogens is 1. The van der Waals surface area contributed by atoms with Crippen molar-refractivity contribution >= 4 is 5.69 Å². The van der Waals surface area contributed by atoms with Gasteiger partial charge in [0.15, 0.2) is 0 Å². The van der Waals surface area contributed by atoms with Gasteiger partial charge in [0.1, 0.15) is 17.3 Å². The average Bonchev–Trinajstić information content (AvgIpc) is 2.45. The Morgan fingerprint density at radius 1 is 1.16 bits per heavy atom. The fraction of sp³-hybridized carbons (Fsp3) is 0.214. The summed E-state index contributed by atoms with van der Waals surface area (Å²) in [5.74, 6) is 1.04. The first kappa shape index (κ1) is 13.1. The van der Waals surface area contributed by atoms with Gasteiger partial charge < -0.3 is 14.8 Å². The molecule has 0 amide bonds. The van der Waals surface area contributed by atoms with Crippen molar-refractivity contribution in [1.29, 1.82) is 0 Å². The molecule has 100 valence electrons. The van der Waals surface area contributed by atoms with Gasteiger partial charge in [0.05, 0.1) is 26.1 Å². The van der Waals surface area contributed by atoms with Gasteiger partial charge in [-0.05, 0) is 23.8 Å². The van der Waals surface area contributed by atoms with Crippen LogP contribution in [-0.4, -0.2) is 19.2 Å². The molecule has 0 aliphatic heterocycles. The van der Waals surface area contributed by atoms with Gasteiger partial charge in [-0.1, -0.05) is 0 Å². The van der Waals surface area contributed by atoms with Crippen molar-refractivity contribution in [2.75, 3.05) is 19.5 Å². The van der Waals surface area contributed by atoms with Crippen LogP contribution >= 0.6 is 0 Å². The number of hydrogen-bond acceptors (Lipinski definition) is 4. The second-order valence-electron chi connectivity index (χ2n) is 3.93. The molecule has 19 heavy (non-hydrogen) atoms. The van der Waals surface area contributed by atoms with Crippen LogP contribution in [0.2, 0.25) is 0 Å². The van der Waals surface area contributed by atoms with Crippen LogP contribution in [0.3, 0.4) is 0 Å². The number of rotatable bonds is 5. The fourth-order valence-corrected chi connectivity index (χ4v) is 1.69. The molecule has 1 aromatic heterocycles. The highest BCUT2D eigenvalue weighted by Gasteiger charge is 2.05. The van der Waals surface area contributed by atoms with E-state index in [1.807, 2.05) is 12.1 Å². The summed E-state index contributed by atoms with van der Waals surface area (Å²) in [6, 6.07) is 6.90. The van der Waals surface area contributed by atoms with Crippen molar-refractivity contribution in [2.24, 2.45) is 0 Å². The highest BCUT2D eigenvalue weighted by Crippen LogP contribution is 2.29. The lowest BCUT2D eigenvalue weighted by Crippen LogP contribution is -2.02. The summed E-state index contributed by atoms with van der Waals surface area (Å²) in [4.78, 5) is 3.80. The molecule has 0 aliphatic carbocycles. The third-order valence-corrected chi connectivity index (χ3v) is 2.65. The van der Waals surface area contributed by atoms with Crippen LogP contribution in [0.15, 0.2) is 36.7 Å². The highest BCUT2D eigenvalue weighted by atomic mass is 19.1. The van der Waals surface area contributed by atoms with Gasteiger partial charge in [0, 0.05) is 18.8 Å². The lowest BCUT2D eigenvalue weighted by atomic mass is 10.2. The van der Waals surface area contributed by atoms with Crippen LogP contribution in [0, 0.1) is 5.82 Å². The lowest BCUT2D eigenvalue weighted by molar-refractivity contribution is 0.395. The Morgan fingerprint density at radius 2 is 2.00 bits per heavy atom. The molecule has 0 fully saturated rings. The number of anilines is 1. The Kier molecular flexibility index (Phi) is 4.18. The van der Waals surface area contributed by atoms with E-state index < -0.39 is 0 Å². The number of nitrogens with one attached hydrogen (secondary N) is 1. The molecule has 0 aliphatic rings. The van der Waals surface area contributed by atoms with Crippen molar-refractivity contribution in [3.63, 3.8) is 0 Å². The number of nitrogens with zero attached hydrogens (tertiary/aromatic N) is 1. The first-order valence-electron chi connectivity index (χ1n) is 5.78. The predicted molar refractivity (Wildman–Crippen MR) is 71.1 cm³/mol. The van der Waals surface area contributed by atoms with Crippen LogP contribution < -0.4 is 14.8 Å². The second-order valence-corrected chi connectivity index (χ2v) is 3.93. The van der Waals surface area contributed by atoms with Crippen LogP contribution in [0.25, 0.3) is 0 Å². The van der Waals surface area contributed by atoms with Crippen molar-refractivity contribution < 1.29 is 13.9 Å². The van der Waals surface area contributed by atoms with E-state index in [-0.39, 0.29) is 5.82 Å². The normalized spacial score (nSPS) is 10.1. The zero-order chi connectivity index (χ0) is 13.7. The number of ether oxygens (including phenoxy) is 2. The zero-order valence-electron chi connectivity index (χ0n) is 10.8. The molecule has 0 unspecified atom stereocenters. The van der Waals surface area contributed by atoms with Gasteiger partial charge >= 0.3 is 0 Å². The maximum absolute atomic E-state index is 13.0. The van der Waals surface area contributed by atoms with E-state index in [0.717, 1.165) is 17.0 Å². The number of methoxy groups -OCH3 is 2. The molecule has 1 heterocycles. The van der Waals surface area contributed by atoms with Crippen molar-refractivity contribution in [1.82, 2.24) is 4.98 Å². The molecule has 2 aromatic rings. The molecule has 4 nitrogen and oxygen atoms in total. The first-order chi connectivity index (χ1) is 9.22. The monoisotopic (exact) mass is 262 g/mol. The predicted octanol–water partition coefficient (Wildman–Crippen LogP) is 2.85. The molecule has 5 heteroatoms. The van der Waals surface area contributed by atoms with E-state index in [2.05, 4.69) is 10.3 Å². The van der Waals surface area contributed by atoms with Crippen LogP contribution in [0.5, 0.6) is 11.5 Å². The molecule has 1 aromatic carbocycles. The van der Waals surface area contributed by atoms with Gasteiger partial charge in [-0.25, -0.2) is 4.39 Å². The molecule has 0 radical (unpaired) electrons. The Hall–Kier alpha value is -2.30. The van der Waals surface area contributed by atoms with E-state index in [1.165, 1.54) is 12.3 Å². The van der Waals surface area contributed by atoms with Crippen LogP contribution in [-0.2, 0) is 6.54 Å². The molecule has 0 saturated heterocycles. The van der Waals surface area contributed by atoms with Crippen molar-refractivity contribution in [3.8, 4) is 11.5 Å². The summed E-state index contributed by atoms with van der Waals surface area (Å²) in [6.07, 6.45) is 2.80. The first-order valence-corrected chi connectivity index (χ1v) is 5.78. The van der Waals surface area contributed by atoms with Crippen molar-refractivity contribution in [3.05, 3.63) is 48.0 Å². The molecule has 0 saturated carbocycles. The van der Waals surface area contributed by atoms with Crippen LogP contribution in [0.1, 0.15) is 5.56 Å². The average molecular weight is 262 g/mol. The molecular formula is C14H15FN2O2. The van der Waals surface area contributed by atoms with Gasteiger partial charge in [-0.3, -0.25) is 4.98 Å². The Morgan fingerprint density at radius 3 is 2.68 bits per heavy atom. The summed E-state index contributed by atoms with van der Waals surface area (Å²) in [5.41, 5.74) is 1.57. The quantitative estimate of drug-likeness (QED) is 0.899. The molecule has 0 atom stereocenters. The minimum absolute atomic E-state index is 0.346. The minimum atomic E-state index is -0.346. The van der Waals surface area contributed by atoms with Crippen molar-refractivity contribution in [2.45, 2.75) is 6.54 Å². The number of pyridine rings is 1. The summed E-state index contributed by atoms with van der Waals surface area (Å²) in [5, 5.41) is 3.17. The maximum atomic E-state index is 13.0. The van der Waals surface area contributed by atoms with E-state index in [1.54, 1.807) is 26.5 Å². The van der Waals surface area contributed by atoms with Gasteiger partial charge in [-0.15, -0.1) is 0 Å². The van der Waals surface area contributed by atoms with E-state index >= 15 is 0 Å². The highest BCUT2D eigenvalue weighted by molar-refractivity contribution is 5.59. The Balaban J connectivity index is 2.11. The summed E-state index contributed by atoms with van der Waals surface area (Å²) < 4.78 is 23.4. The van der Waals surface area contributed by atoms with Crippen LogP contribution in [0.4, 0.5) is 10.1 Å². The molecule has 1 N–H and O–H groups in total. The zero-order valence-corrected chi connectivity index (χ0v) is 10.8. The summed E-state index contributed by atoms with van der Waals surface area (Å²) in [7, 11) is 3.18. The molecule has 0 spiro atoms. The second kappa shape index (κ2) is 6.04. The summed E-state index contributed by atoms with van der Waals surface area (Å²) >= 11 is 0. The van der Waals surface area contributed by atoms with Gasteiger partial charge in [0.25, 0.3) is 0 Å². The molecular weight excluding hydrogens is 247 g/mol. The molecule has 0 bridgehead atoms. The Labute approximate surface area is 111 Å². The number of hydrogen-bond donors (Lipinski definition) is 1. The topological polar surface area (TPSA) is 43.4 Å². The van der Waals surface area contributed by atoms with E-state index in [9.17, 15) is 4.39 Å². The Bertz CT molecular complexity index is 561. The molecule has 2 rings (SSSR count). The number of halogens is 1. The summed E-state index contributed by atoms with van der Waals surface area (Å²) in [6.45, 7) is 0.466. The largest absolute Gasteiger partial charge is 0.497 e. The minimum Gasteiger partial charge on any atom is -0.497 e. The maximum Gasteiger partial charge on any atom is 0.145 e. The smallest absolute Gasteiger partial charge is 0.145 e. The number of benzene rings is 1. The van der Waals surface area contributed by atoms with E-state index in [4.69, 9.17) is 9.47 Å². The third kappa shape index (κ3) is 3.34. The fourth-order valence-electron chi connectivity index (χ4n) is 1.69. The van der Waals surface area contributed by atoms with Gasteiger partial charge in [0.2, 0.25) is 0 Å². The van der Waals surface area contributed by atoms with E-state index in [0.29, 0.717) is 12.3 Å². The lowest BCUT2D eigenvalue weighted by Gasteiger charge is -2.12.